The van der Waals surface area contributed by atoms with Gasteiger partial charge in [0.15, 0.2) is 0 Å². The van der Waals surface area contributed by atoms with Crippen molar-refractivity contribution in [2.24, 2.45) is 0 Å². The van der Waals surface area contributed by atoms with Crippen LogP contribution in [0, 0.1) is 0 Å². The fourth-order valence-electron chi connectivity index (χ4n) is 2.51. The summed E-state index contributed by atoms with van der Waals surface area (Å²) < 4.78 is 5.21. The molecule has 0 atom stereocenters. The molecule has 122 valence electrons. The molecule has 0 radical (unpaired) electrons. The molecule has 6 heteroatoms. The van der Waals surface area contributed by atoms with E-state index in [1.807, 2.05) is 29.6 Å². The Morgan fingerprint density at radius 3 is 2.80 bits per heavy atom. The van der Waals surface area contributed by atoms with E-state index < -0.39 is 11.5 Å². The van der Waals surface area contributed by atoms with E-state index in [2.05, 4.69) is 10.3 Å². The van der Waals surface area contributed by atoms with Crippen LogP contribution in [0.15, 0.2) is 75.4 Å². The van der Waals surface area contributed by atoms with Crippen molar-refractivity contribution in [1.29, 1.82) is 0 Å². The highest BCUT2D eigenvalue weighted by Gasteiger charge is 2.14. The third-order valence-electron chi connectivity index (χ3n) is 3.69. The van der Waals surface area contributed by atoms with Gasteiger partial charge in [-0.25, -0.2) is 9.78 Å². The second-order valence-corrected chi connectivity index (χ2v) is 6.25. The Morgan fingerprint density at radius 2 is 1.96 bits per heavy atom. The van der Waals surface area contributed by atoms with Crippen LogP contribution < -0.4 is 10.9 Å². The number of aromatic nitrogens is 1. The van der Waals surface area contributed by atoms with Gasteiger partial charge in [0, 0.05) is 28.2 Å². The van der Waals surface area contributed by atoms with Crippen molar-refractivity contribution in [3.63, 3.8) is 0 Å². The predicted molar refractivity (Wildman–Crippen MR) is 98.0 cm³/mol. The quantitative estimate of drug-likeness (QED) is 0.564. The number of rotatable bonds is 3. The fraction of sp³-hybridized carbons (Fsp3) is 0. The minimum atomic E-state index is -0.660. The molecule has 2 aromatic heterocycles. The predicted octanol–water partition coefficient (Wildman–Crippen LogP) is 4.17. The average Bonchev–Trinajstić information content (AvgIpc) is 3.16. The minimum absolute atomic E-state index is 0.0293. The molecule has 0 saturated heterocycles. The zero-order chi connectivity index (χ0) is 17.2. The topological polar surface area (TPSA) is 72.2 Å². The molecule has 5 nitrogen and oxygen atoms in total. The largest absolute Gasteiger partial charge is 0.422 e. The molecule has 2 heterocycles. The van der Waals surface area contributed by atoms with Crippen molar-refractivity contribution in [1.82, 2.24) is 4.98 Å². The third-order valence-corrected chi connectivity index (χ3v) is 4.51. The maximum absolute atomic E-state index is 12.5. The zero-order valence-corrected chi connectivity index (χ0v) is 13.7. The van der Waals surface area contributed by atoms with Crippen molar-refractivity contribution >= 4 is 33.9 Å². The van der Waals surface area contributed by atoms with E-state index in [9.17, 15) is 9.59 Å². The number of nitrogens with one attached hydrogen (secondary N) is 1. The number of carbonyl (C=O) groups is 1. The normalized spacial score (nSPS) is 10.7. The van der Waals surface area contributed by atoms with Gasteiger partial charge in [0.1, 0.15) is 16.2 Å². The van der Waals surface area contributed by atoms with E-state index in [0.29, 0.717) is 16.7 Å². The van der Waals surface area contributed by atoms with Crippen molar-refractivity contribution in [2.45, 2.75) is 0 Å². The number of nitrogens with zero attached hydrogens (tertiary/aromatic N) is 1. The molecule has 0 fully saturated rings. The molecule has 0 aliphatic rings. The molecular weight excluding hydrogens is 336 g/mol. The van der Waals surface area contributed by atoms with E-state index in [0.717, 1.165) is 10.6 Å². The van der Waals surface area contributed by atoms with E-state index in [1.54, 1.807) is 36.5 Å². The SMILES string of the molecule is O=C(Nc1cccc(-c2nccs2)c1)c1cc2ccccc2oc1=O. The van der Waals surface area contributed by atoms with Gasteiger partial charge in [0.2, 0.25) is 0 Å². The molecule has 1 N–H and O–H groups in total. The summed E-state index contributed by atoms with van der Waals surface area (Å²) in [5, 5.41) is 6.19. The first-order valence-electron chi connectivity index (χ1n) is 7.55. The summed E-state index contributed by atoms with van der Waals surface area (Å²) in [5.41, 5.74) is 1.25. The highest BCUT2D eigenvalue weighted by atomic mass is 32.1. The average molecular weight is 348 g/mol. The molecule has 4 aromatic rings. The van der Waals surface area contributed by atoms with Crippen molar-refractivity contribution < 1.29 is 9.21 Å². The molecule has 0 saturated carbocycles. The number of anilines is 1. The maximum atomic E-state index is 12.5. The summed E-state index contributed by atoms with van der Waals surface area (Å²) in [6, 6.07) is 15.9. The van der Waals surface area contributed by atoms with Gasteiger partial charge >= 0.3 is 5.63 Å². The zero-order valence-electron chi connectivity index (χ0n) is 12.9. The van der Waals surface area contributed by atoms with Crippen LogP contribution in [0.5, 0.6) is 0 Å². The lowest BCUT2D eigenvalue weighted by atomic mass is 10.1. The molecule has 2 aromatic carbocycles. The minimum Gasteiger partial charge on any atom is -0.422 e. The number of hydrogen-bond acceptors (Lipinski definition) is 5. The lowest BCUT2D eigenvalue weighted by Crippen LogP contribution is -2.20. The summed E-state index contributed by atoms with van der Waals surface area (Å²) in [6.45, 7) is 0. The van der Waals surface area contributed by atoms with Crippen LogP contribution in [-0.2, 0) is 0 Å². The Labute approximate surface area is 146 Å². The van der Waals surface area contributed by atoms with E-state index in [-0.39, 0.29) is 5.56 Å². The number of fused-ring (bicyclic) bond motifs is 1. The lowest BCUT2D eigenvalue weighted by Gasteiger charge is -2.06. The van der Waals surface area contributed by atoms with Gasteiger partial charge in [-0.3, -0.25) is 4.79 Å². The molecule has 1 amide bonds. The summed E-state index contributed by atoms with van der Waals surface area (Å²) in [7, 11) is 0. The highest BCUT2D eigenvalue weighted by Crippen LogP contribution is 2.24. The Kier molecular flexibility index (Phi) is 3.87. The molecule has 0 unspecified atom stereocenters. The van der Waals surface area contributed by atoms with Crippen LogP contribution in [0.4, 0.5) is 5.69 Å². The second kappa shape index (κ2) is 6.33. The molecule has 25 heavy (non-hydrogen) atoms. The summed E-state index contributed by atoms with van der Waals surface area (Å²) in [6.07, 6.45) is 1.73. The van der Waals surface area contributed by atoms with Crippen LogP contribution in [0.1, 0.15) is 10.4 Å². The van der Waals surface area contributed by atoms with Crippen molar-refractivity contribution in [2.75, 3.05) is 5.32 Å². The molecule has 0 bridgehead atoms. The molecule has 4 rings (SSSR count). The fourth-order valence-corrected chi connectivity index (χ4v) is 3.15. The Hall–Kier alpha value is -3.25. The van der Waals surface area contributed by atoms with Crippen molar-refractivity contribution in [3.05, 3.63) is 82.2 Å². The molecule has 0 aliphatic carbocycles. The Morgan fingerprint density at radius 1 is 1.08 bits per heavy atom. The first kappa shape index (κ1) is 15.3. The van der Waals surface area contributed by atoms with Crippen LogP contribution in [0.2, 0.25) is 0 Å². The van der Waals surface area contributed by atoms with Crippen LogP contribution >= 0.6 is 11.3 Å². The van der Waals surface area contributed by atoms with E-state index in [4.69, 9.17) is 4.42 Å². The number of thiazole rings is 1. The molecule has 0 aliphatic heterocycles. The molecular formula is C19H12N2O3S. The Balaban J connectivity index is 1.65. The van der Waals surface area contributed by atoms with E-state index in [1.165, 1.54) is 11.3 Å². The molecule has 0 spiro atoms. The number of hydrogen-bond donors (Lipinski definition) is 1. The number of para-hydroxylation sites is 1. The summed E-state index contributed by atoms with van der Waals surface area (Å²) in [4.78, 5) is 28.8. The highest BCUT2D eigenvalue weighted by molar-refractivity contribution is 7.13. The van der Waals surface area contributed by atoms with Gasteiger partial charge in [0.25, 0.3) is 5.91 Å². The van der Waals surface area contributed by atoms with Gasteiger partial charge in [-0.05, 0) is 24.3 Å². The summed E-state index contributed by atoms with van der Waals surface area (Å²) in [5.74, 6) is -0.504. The van der Waals surface area contributed by atoms with Gasteiger partial charge in [-0.2, -0.15) is 0 Å². The number of amides is 1. The van der Waals surface area contributed by atoms with Crippen LogP contribution in [0.3, 0.4) is 0 Å². The van der Waals surface area contributed by atoms with Gasteiger partial charge in [0.05, 0.1) is 0 Å². The number of benzene rings is 2. The van der Waals surface area contributed by atoms with Gasteiger partial charge in [-0.1, -0.05) is 30.3 Å². The number of carbonyl (C=O) groups excluding carboxylic acids is 1. The lowest BCUT2D eigenvalue weighted by molar-refractivity contribution is 0.102. The first-order chi connectivity index (χ1) is 12.2. The van der Waals surface area contributed by atoms with Crippen LogP contribution in [0.25, 0.3) is 21.5 Å². The monoisotopic (exact) mass is 348 g/mol. The van der Waals surface area contributed by atoms with Crippen molar-refractivity contribution in [3.8, 4) is 10.6 Å². The van der Waals surface area contributed by atoms with Gasteiger partial charge in [-0.15, -0.1) is 11.3 Å². The smallest absolute Gasteiger partial charge is 0.349 e. The first-order valence-corrected chi connectivity index (χ1v) is 8.43. The van der Waals surface area contributed by atoms with Gasteiger partial charge < -0.3 is 9.73 Å². The maximum Gasteiger partial charge on any atom is 0.349 e. The summed E-state index contributed by atoms with van der Waals surface area (Å²) >= 11 is 1.52. The third kappa shape index (κ3) is 3.07. The van der Waals surface area contributed by atoms with Crippen LogP contribution in [-0.4, -0.2) is 10.9 Å². The van der Waals surface area contributed by atoms with E-state index >= 15 is 0 Å². The standard InChI is InChI=1S/C19H12N2O3S/c22-17(15-11-12-4-1-2-7-16(12)24-19(15)23)21-14-6-3-5-13(10-14)18-20-8-9-25-18/h1-11H,(H,21,22). The Bertz CT molecular complexity index is 1120. The second-order valence-electron chi connectivity index (χ2n) is 5.36.